The number of aromatic nitrogens is 1. The number of benzene rings is 1. The molecule has 0 atom stereocenters. The van der Waals surface area contributed by atoms with E-state index < -0.39 is 0 Å². The van der Waals surface area contributed by atoms with Crippen LogP contribution in [0, 0.1) is 6.92 Å². The molecule has 1 heterocycles. The maximum absolute atomic E-state index is 5.94. The first kappa shape index (κ1) is 13.1. The van der Waals surface area contributed by atoms with Gasteiger partial charge in [0.15, 0.2) is 0 Å². The second kappa shape index (κ2) is 5.57. The van der Waals surface area contributed by atoms with Crippen molar-refractivity contribution in [2.75, 3.05) is 0 Å². The van der Waals surface area contributed by atoms with Crippen molar-refractivity contribution in [2.45, 2.75) is 13.5 Å². The lowest BCUT2D eigenvalue weighted by molar-refractivity contribution is 0.475. The van der Waals surface area contributed by atoms with Gasteiger partial charge >= 0.3 is 0 Å². The fourth-order valence-electron chi connectivity index (χ4n) is 1.48. The van der Waals surface area contributed by atoms with E-state index in [0.717, 1.165) is 11.3 Å². The summed E-state index contributed by atoms with van der Waals surface area (Å²) in [6, 6.07) is 6.95. The smallest absolute Gasteiger partial charge is 0.135 e. The summed E-state index contributed by atoms with van der Waals surface area (Å²) in [7, 11) is 0. The Bertz CT molecular complexity index is 573. The molecule has 1 aromatic carbocycles. The first-order valence-electron chi connectivity index (χ1n) is 5.38. The van der Waals surface area contributed by atoms with E-state index in [1.165, 1.54) is 0 Å². The van der Waals surface area contributed by atoms with Crippen LogP contribution in [-0.2, 0) is 6.54 Å². The summed E-state index contributed by atoms with van der Waals surface area (Å²) in [5.41, 5.74) is 7.34. The second-order valence-corrected chi connectivity index (χ2v) is 4.63. The van der Waals surface area contributed by atoms with Crippen molar-refractivity contribution in [2.24, 2.45) is 5.73 Å². The van der Waals surface area contributed by atoms with Crippen LogP contribution >= 0.6 is 23.2 Å². The molecule has 0 aliphatic heterocycles. The Morgan fingerprint density at radius 2 is 2.00 bits per heavy atom. The fourth-order valence-corrected chi connectivity index (χ4v) is 1.77. The van der Waals surface area contributed by atoms with Gasteiger partial charge in [-0.3, -0.25) is 4.98 Å². The van der Waals surface area contributed by atoms with Crippen LogP contribution in [0.1, 0.15) is 11.3 Å². The third kappa shape index (κ3) is 2.93. The molecule has 0 radical (unpaired) electrons. The van der Waals surface area contributed by atoms with Gasteiger partial charge in [-0.25, -0.2) is 0 Å². The molecule has 0 unspecified atom stereocenters. The van der Waals surface area contributed by atoms with E-state index in [0.29, 0.717) is 28.1 Å². The van der Waals surface area contributed by atoms with E-state index in [1.54, 1.807) is 24.4 Å². The number of nitrogens with two attached hydrogens (primary N) is 1. The summed E-state index contributed by atoms with van der Waals surface area (Å²) < 4.78 is 5.75. The molecule has 0 saturated carbocycles. The average molecular weight is 283 g/mol. The second-order valence-electron chi connectivity index (χ2n) is 3.82. The van der Waals surface area contributed by atoms with E-state index in [9.17, 15) is 0 Å². The highest BCUT2D eigenvalue weighted by atomic mass is 35.5. The number of aryl methyl sites for hydroxylation is 1. The summed E-state index contributed by atoms with van der Waals surface area (Å²) in [4.78, 5) is 4.18. The van der Waals surface area contributed by atoms with Gasteiger partial charge in [0.1, 0.15) is 11.5 Å². The van der Waals surface area contributed by atoms with Crippen LogP contribution in [-0.4, -0.2) is 4.98 Å². The highest BCUT2D eigenvalue weighted by Crippen LogP contribution is 2.30. The molecule has 0 aliphatic rings. The number of hydrogen-bond donors (Lipinski definition) is 1. The average Bonchev–Trinajstić information content (AvgIpc) is 2.34. The molecule has 3 nitrogen and oxygen atoms in total. The first-order chi connectivity index (χ1) is 8.60. The van der Waals surface area contributed by atoms with Gasteiger partial charge in [-0.05, 0) is 19.1 Å². The summed E-state index contributed by atoms with van der Waals surface area (Å²) in [5, 5.41) is 0.947. The highest BCUT2D eigenvalue weighted by molar-refractivity contribution is 6.42. The van der Waals surface area contributed by atoms with Crippen molar-refractivity contribution in [3.63, 3.8) is 0 Å². The molecule has 2 rings (SSSR count). The van der Waals surface area contributed by atoms with E-state index >= 15 is 0 Å². The van der Waals surface area contributed by atoms with Gasteiger partial charge in [-0.2, -0.15) is 0 Å². The summed E-state index contributed by atoms with van der Waals surface area (Å²) >= 11 is 11.8. The summed E-state index contributed by atoms with van der Waals surface area (Å²) in [6.45, 7) is 2.26. The molecule has 0 bridgehead atoms. The third-order valence-electron chi connectivity index (χ3n) is 2.42. The largest absolute Gasteiger partial charge is 0.457 e. The van der Waals surface area contributed by atoms with Crippen LogP contribution in [0.2, 0.25) is 10.0 Å². The molecule has 18 heavy (non-hydrogen) atoms. The van der Waals surface area contributed by atoms with Crippen molar-refractivity contribution in [1.29, 1.82) is 0 Å². The molecule has 0 saturated heterocycles. The van der Waals surface area contributed by atoms with Crippen LogP contribution in [0.4, 0.5) is 0 Å². The predicted molar refractivity (Wildman–Crippen MR) is 73.4 cm³/mol. The van der Waals surface area contributed by atoms with Crippen molar-refractivity contribution < 1.29 is 4.74 Å². The molecule has 0 fully saturated rings. The molecule has 94 valence electrons. The summed E-state index contributed by atoms with van der Waals surface area (Å²) in [5.74, 6) is 1.30. The fraction of sp³-hybridized carbons (Fsp3) is 0.154. The normalized spacial score (nSPS) is 10.4. The molecule has 5 heteroatoms. The standard InChI is InChI=1S/C13H12Cl2N2O/c1-8-4-13(9(6-16)7-17-8)18-10-2-3-11(14)12(15)5-10/h2-5,7H,6,16H2,1H3. The first-order valence-corrected chi connectivity index (χ1v) is 6.14. The van der Waals surface area contributed by atoms with E-state index in [4.69, 9.17) is 33.7 Å². The Kier molecular flexibility index (Phi) is 4.07. The molecule has 1 aromatic heterocycles. The monoisotopic (exact) mass is 282 g/mol. The highest BCUT2D eigenvalue weighted by Gasteiger charge is 2.06. The van der Waals surface area contributed by atoms with Gasteiger partial charge in [0, 0.05) is 36.1 Å². The van der Waals surface area contributed by atoms with Crippen molar-refractivity contribution in [3.05, 3.63) is 51.8 Å². The molecule has 0 amide bonds. The summed E-state index contributed by atoms with van der Waals surface area (Å²) in [6.07, 6.45) is 1.71. The number of nitrogens with zero attached hydrogens (tertiary/aromatic N) is 1. The molecule has 0 spiro atoms. The predicted octanol–water partition coefficient (Wildman–Crippen LogP) is 3.95. The van der Waals surface area contributed by atoms with Gasteiger partial charge in [0.25, 0.3) is 0 Å². The number of ether oxygens (including phenoxy) is 1. The van der Waals surface area contributed by atoms with Crippen LogP contribution in [0.3, 0.4) is 0 Å². The Balaban J connectivity index is 2.33. The number of halogens is 2. The number of hydrogen-bond acceptors (Lipinski definition) is 3. The molecule has 2 N–H and O–H groups in total. The minimum Gasteiger partial charge on any atom is -0.457 e. The van der Waals surface area contributed by atoms with Gasteiger partial charge in [-0.1, -0.05) is 23.2 Å². The zero-order valence-electron chi connectivity index (χ0n) is 9.78. The van der Waals surface area contributed by atoms with Crippen LogP contribution in [0.25, 0.3) is 0 Å². The van der Waals surface area contributed by atoms with Gasteiger partial charge in [0.2, 0.25) is 0 Å². The Labute approximate surface area is 115 Å². The topological polar surface area (TPSA) is 48.1 Å². The zero-order valence-corrected chi connectivity index (χ0v) is 11.3. The van der Waals surface area contributed by atoms with Crippen LogP contribution < -0.4 is 10.5 Å². The van der Waals surface area contributed by atoms with E-state index in [1.807, 2.05) is 13.0 Å². The van der Waals surface area contributed by atoms with E-state index in [2.05, 4.69) is 4.98 Å². The number of rotatable bonds is 3. The maximum atomic E-state index is 5.94. The SMILES string of the molecule is Cc1cc(Oc2ccc(Cl)c(Cl)c2)c(CN)cn1. The minimum atomic E-state index is 0.365. The lowest BCUT2D eigenvalue weighted by atomic mass is 10.2. The Morgan fingerprint density at radius 1 is 1.22 bits per heavy atom. The third-order valence-corrected chi connectivity index (χ3v) is 3.16. The lowest BCUT2D eigenvalue weighted by Crippen LogP contribution is -2.01. The maximum Gasteiger partial charge on any atom is 0.135 e. The van der Waals surface area contributed by atoms with E-state index in [-0.39, 0.29) is 0 Å². The molecule has 0 aliphatic carbocycles. The van der Waals surface area contributed by atoms with Gasteiger partial charge in [0.05, 0.1) is 10.0 Å². The molecule has 2 aromatic rings. The molecular weight excluding hydrogens is 271 g/mol. The zero-order chi connectivity index (χ0) is 13.1. The van der Waals surface area contributed by atoms with Crippen molar-refractivity contribution in [1.82, 2.24) is 4.98 Å². The van der Waals surface area contributed by atoms with Gasteiger partial charge < -0.3 is 10.5 Å². The van der Waals surface area contributed by atoms with Gasteiger partial charge in [-0.15, -0.1) is 0 Å². The van der Waals surface area contributed by atoms with Crippen LogP contribution in [0.15, 0.2) is 30.5 Å². The Morgan fingerprint density at radius 3 is 2.67 bits per heavy atom. The van der Waals surface area contributed by atoms with Crippen LogP contribution in [0.5, 0.6) is 11.5 Å². The Hall–Kier alpha value is -1.29. The molecular formula is C13H12Cl2N2O. The lowest BCUT2D eigenvalue weighted by Gasteiger charge is -2.11. The minimum absolute atomic E-state index is 0.365. The van der Waals surface area contributed by atoms with Crippen molar-refractivity contribution in [3.8, 4) is 11.5 Å². The number of pyridine rings is 1. The van der Waals surface area contributed by atoms with Crippen molar-refractivity contribution >= 4 is 23.2 Å². The quantitative estimate of drug-likeness (QED) is 0.927.